The summed E-state index contributed by atoms with van der Waals surface area (Å²) in [5.41, 5.74) is 0.315. The fourth-order valence-corrected chi connectivity index (χ4v) is 3.67. The molecule has 0 unspecified atom stereocenters. The van der Waals surface area contributed by atoms with E-state index in [4.69, 9.17) is 11.6 Å². The molecule has 0 saturated carbocycles. The van der Waals surface area contributed by atoms with E-state index in [1.54, 1.807) is 6.26 Å². The van der Waals surface area contributed by atoms with Gasteiger partial charge in [0, 0.05) is 11.8 Å². The highest BCUT2D eigenvalue weighted by Gasteiger charge is 2.23. The van der Waals surface area contributed by atoms with Crippen molar-refractivity contribution in [2.75, 3.05) is 19.6 Å². The van der Waals surface area contributed by atoms with Gasteiger partial charge in [0.25, 0.3) is 0 Å². The van der Waals surface area contributed by atoms with Gasteiger partial charge in [0.2, 0.25) is 5.16 Å². The lowest BCUT2D eigenvalue weighted by molar-refractivity contribution is 0.0600. The van der Waals surface area contributed by atoms with Crippen molar-refractivity contribution in [3.8, 4) is 0 Å². The van der Waals surface area contributed by atoms with Crippen molar-refractivity contribution in [3.05, 3.63) is 28.3 Å². The number of nitrogens with zero attached hydrogens (tertiary/aromatic N) is 4. The number of methoxy groups -OCH3 is 1. The lowest BCUT2D eigenvalue weighted by Crippen LogP contribution is -2.13. The van der Waals surface area contributed by atoms with E-state index in [2.05, 4.69) is 20.3 Å². The molecule has 1 heterocycles. The summed E-state index contributed by atoms with van der Waals surface area (Å²) in [6.45, 7) is 0.00917. The predicted octanol–water partition coefficient (Wildman–Crippen LogP) is 1.29. The van der Waals surface area contributed by atoms with Crippen LogP contribution in [0.3, 0.4) is 0 Å². The molecule has 0 spiro atoms. The van der Waals surface area contributed by atoms with Crippen molar-refractivity contribution < 1.29 is 17.9 Å². The van der Waals surface area contributed by atoms with Crippen molar-refractivity contribution in [3.63, 3.8) is 0 Å². The largest absolute Gasteiger partial charge is 0.465 e. The first kappa shape index (κ1) is 17.7. The monoisotopic (exact) mass is 376 g/mol. The Hall–Kier alpha value is -1.65. The second kappa shape index (κ2) is 6.85. The molecule has 2 rings (SSSR count). The Morgan fingerprint density at radius 2 is 2.13 bits per heavy atom. The van der Waals surface area contributed by atoms with Crippen LogP contribution in [0.15, 0.2) is 22.2 Å². The van der Waals surface area contributed by atoms with Gasteiger partial charge in [0.05, 0.1) is 29.1 Å². The minimum atomic E-state index is -3.55. The Kier molecular flexibility index (Phi) is 5.27. The van der Waals surface area contributed by atoms with Crippen LogP contribution in [0, 0.1) is 0 Å². The van der Waals surface area contributed by atoms with Gasteiger partial charge >= 0.3 is 5.97 Å². The molecule has 0 fully saturated rings. The number of ether oxygens (including phenoxy) is 1. The predicted molar refractivity (Wildman–Crippen MR) is 84.6 cm³/mol. The first-order valence-corrected chi connectivity index (χ1v) is 9.69. The van der Waals surface area contributed by atoms with Crippen molar-refractivity contribution >= 4 is 39.2 Å². The van der Waals surface area contributed by atoms with Crippen molar-refractivity contribution in [2.24, 2.45) is 0 Å². The summed E-state index contributed by atoms with van der Waals surface area (Å²) in [5, 5.41) is 11.6. The van der Waals surface area contributed by atoms with Crippen LogP contribution in [0.1, 0.15) is 15.9 Å². The van der Waals surface area contributed by atoms with Crippen LogP contribution in [0.25, 0.3) is 0 Å². The number of carbonyl (C=O) groups excluding carboxylic acids is 1. The lowest BCUT2D eigenvalue weighted by Gasteiger charge is -2.13. The highest BCUT2D eigenvalue weighted by atomic mass is 35.5. The third-order valence-corrected chi connectivity index (χ3v) is 5.27. The number of aromatic nitrogens is 4. The molecule has 1 aromatic heterocycles. The van der Waals surface area contributed by atoms with Gasteiger partial charge < -0.3 is 4.74 Å². The summed E-state index contributed by atoms with van der Waals surface area (Å²) in [7, 11) is -2.33. The number of hydrogen-bond acceptors (Lipinski definition) is 8. The van der Waals surface area contributed by atoms with Crippen LogP contribution in [-0.2, 0) is 21.1 Å². The average Bonchev–Trinajstić information content (AvgIpc) is 2.94. The van der Waals surface area contributed by atoms with E-state index in [0.717, 1.165) is 6.26 Å². The van der Waals surface area contributed by atoms with Crippen LogP contribution >= 0.6 is 23.4 Å². The SMILES string of the molecule is COC(=O)c1ccc(S(C)(=O)=O)c(Cn2nnnc2SC)c1Cl. The van der Waals surface area contributed by atoms with Gasteiger partial charge in [-0.1, -0.05) is 23.4 Å². The summed E-state index contributed by atoms with van der Waals surface area (Å²) < 4.78 is 30.1. The molecular weight excluding hydrogens is 364 g/mol. The topological polar surface area (TPSA) is 104 Å². The summed E-state index contributed by atoms with van der Waals surface area (Å²) in [5.74, 6) is -0.655. The molecule has 0 radical (unpaired) electrons. The molecule has 0 amide bonds. The second-order valence-corrected chi connectivity index (χ2v) is 7.63. The van der Waals surface area contributed by atoms with E-state index < -0.39 is 15.8 Å². The zero-order chi connectivity index (χ0) is 17.2. The third-order valence-electron chi connectivity index (χ3n) is 2.99. The molecule has 0 aliphatic rings. The van der Waals surface area contributed by atoms with Gasteiger partial charge in [-0.3, -0.25) is 0 Å². The molecule has 2 aromatic rings. The lowest BCUT2D eigenvalue weighted by atomic mass is 10.1. The molecule has 124 valence electrons. The van der Waals surface area contributed by atoms with Gasteiger partial charge in [0.1, 0.15) is 0 Å². The average molecular weight is 377 g/mol. The first-order valence-electron chi connectivity index (χ1n) is 6.19. The fraction of sp³-hybridized carbons (Fsp3) is 0.333. The summed E-state index contributed by atoms with van der Waals surface area (Å²) >= 11 is 7.55. The Balaban J connectivity index is 2.64. The van der Waals surface area contributed by atoms with Crippen LogP contribution in [0.5, 0.6) is 0 Å². The van der Waals surface area contributed by atoms with Crippen molar-refractivity contribution in [2.45, 2.75) is 16.6 Å². The van der Waals surface area contributed by atoms with Gasteiger partial charge in [-0.15, -0.1) is 5.10 Å². The van der Waals surface area contributed by atoms with Crippen LogP contribution in [0.4, 0.5) is 0 Å². The van der Waals surface area contributed by atoms with E-state index in [0.29, 0.717) is 5.16 Å². The Bertz CT molecular complexity index is 851. The first-order chi connectivity index (χ1) is 10.8. The van der Waals surface area contributed by atoms with Gasteiger partial charge in [0.15, 0.2) is 9.84 Å². The number of halogens is 1. The molecular formula is C12H13ClN4O4S2. The summed E-state index contributed by atoms with van der Waals surface area (Å²) in [6, 6.07) is 2.65. The van der Waals surface area contributed by atoms with E-state index in [9.17, 15) is 13.2 Å². The number of thioether (sulfide) groups is 1. The molecule has 0 aliphatic carbocycles. The summed E-state index contributed by atoms with van der Waals surface area (Å²) in [6.07, 6.45) is 2.85. The number of tetrazole rings is 1. The highest BCUT2D eigenvalue weighted by Crippen LogP contribution is 2.29. The molecule has 8 nitrogen and oxygen atoms in total. The molecule has 1 aromatic carbocycles. The Labute approximate surface area is 142 Å². The fourth-order valence-electron chi connectivity index (χ4n) is 1.96. The number of hydrogen-bond donors (Lipinski definition) is 0. The number of esters is 1. The van der Waals surface area contributed by atoms with E-state index in [-0.39, 0.29) is 27.6 Å². The van der Waals surface area contributed by atoms with Crippen molar-refractivity contribution in [1.29, 1.82) is 0 Å². The van der Waals surface area contributed by atoms with E-state index in [1.165, 1.54) is 35.7 Å². The normalized spacial score (nSPS) is 11.5. The highest BCUT2D eigenvalue weighted by molar-refractivity contribution is 7.98. The molecule has 0 aliphatic heterocycles. The number of benzene rings is 1. The number of sulfone groups is 1. The second-order valence-electron chi connectivity index (χ2n) is 4.49. The molecule has 0 bridgehead atoms. The maximum atomic E-state index is 12.0. The summed E-state index contributed by atoms with van der Waals surface area (Å²) in [4.78, 5) is 11.8. The van der Waals surface area contributed by atoms with Gasteiger partial charge in [-0.25, -0.2) is 17.9 Å². The zero-order valence-electron chi connectivity index (χ0n) is 12.5. The zero-order valence-corrected chi connectivity index (χ0v) is 14.9. The number of carbonyl (C=O) groups is 1. The van der Waals surface area contributed by atoms with Crippen LogP contribution in [-0.4, -0.2) is 54.2 Å². The van der Waals surface area contributed by atoms with E-state index >= 15 is 0 Å². The number of rotatable bonds is 5. The standard InChI is InChI=1S/C12H13ClN4O4S2/c1-21-11(18)7-4-5-9(23(3,19)20)8(10(7)13)6-17-12(22-2)14-15-16-17/h4-5H,6H2,1-3H3. The van der Waals surface area contributed by atoms with Gasteiger partial charge in [-0.05, 0) is 28.8 Å². The van der Waals surface area contributed by atoms with Crippen LogP contribution < -0.4 is 0 Å². The maximum Gasteiger partial charge on any atom is 0.339 e. The maximum absolute atomic E-state index is 12.0. The molecule has 11 heteroatoms. The molecule has 23 heavy (non-hydrogen) atoms. The quantitative estimate of drug-likeness (QED) is 0.567. The molecule has 0 N–H and O–H groups in total. The molecule has 0 atom stereocenters. The molecule has 0 saturated heterocycles. The van der Waals surface area contributed by atoms with Crippen molar-refractivity contribution in [1.82, 2.24) is 20.2 Å². The van der Waals surface area contributed by atoms with E-state index in [1.807, 2.05) is 0 Å². The third kappa shape index (κ3) is 3.65. The van der Waals surface area contributed by atoms with Gasteiger partial charge in [-0.2, -0.15) is 0 Å². The Morgan fingerprint density at radius 3 is 2.70 bits per heavy atom. The minimum absolute atomic E-state index is 0.00216. The Morgan fingerprint density at radius 1 is 1.43 bits per heavy atom. The van der Waals surface area contributed by atoms with Crippen LogP contribution in [0.2, 0.25) is 5.02 Å². The minimum Gasteiger partial charge on any atom is -0.465 e. The smallest absolute Gasteiger partial charge is 0.339 e.